The van der Waals surface area contributed by atoms with Gasteiger partial charge in [-0.15, -0.1) is 22.9 Å². The van der Waals surface area contributed by atoms with Gasteiger partial charge in [0.2, 0.25) is 0 Å². The summed E-state index contributed by atoms with van der Waals surface area (Å²) >= 11 is 7.78. The molecule has 2 nitrogen and oxygen atoms in total. The van der Waals surface area contributed by atoms with Crippen LogP contribution in [0.2, 0.25) is 0 Å². The minimum Gasteiger partial charge on any atom is -0.370 e. The number of rotatable bonds is 5. The standard InChI is InChI=1S/C14H17ClN2S/c1-11(8-13-4-3-7-18-13)17(2)14-10-16-6-5-12(14)9-15/h3-7,10-11H,8-9H2,1-2H3. The number of hydrogen-bond acceptors (Lipinski definition) is 3. The van der Waals surface area contributed by atoms with Gasteiger partial charge in [-0.3, -0.25) is 4.98 Å². The molecule has 0 aliphatic heterocycles. The van der Waals surface area contributed by atoms with Crippen LogP contribution in [-0.4, -0.2) is 18.1 Å². The molecule has 0 fully saturated rings. The zero-order valence-corrected chi connectivity index (χ0v) is 12.2. The second kappa shape index (κ2) is 6.21. The lowest BCUT2D eigenvalue weighted by atomic mass is 10.1. The van der Waals surface area contributed by atoms with Crippen LogP contribution in [0.3, 0.4) is 0 Å². The summed E-state index contributed by atoms with van der Waals surface area (Å²) in [4.78, 5) is 7.86. The number of thiophene rings is 1. The molecule has 0 saturated heterocycles. The Bertz CT molecular complexity index is 484. The highest BCUT2D eigenvalue weighted by atomic mass is 35.5. The van der Waals surface area contributed by atoms with E-state index in [0.717, 1.165) is 17.7 Å². The van der Waals surface area contributed by atoms with Crippen LogP contribution in [-0.2, 0) is 12.3 Å². The molecule has 0 bridgehead atoms. The third-order valence-corrected chi connectivity index (χ3v) is 4.34. The van der Waals surface area contributed by atoms with Crippen LogP contribution in [0.5, 0.6) is 0 Å². The highest BCUT2D eigenvalue weighted by Crippen LogP contribution is 2.23. The Morgan fingerprint density at radius 1 is 1.44 bits per heavy atom. The van der Waals surface area contributed by atoms with Gasteiger partial charge in [0.15, 0.2) is 0 Å². The van der Waals surface area contributed by atoms with E-state index in [1.807, 2.05) is 12.3 Å². The highest BCUT2D eigenvalue weighted by Gasteiger charge is 2.14. The molecule has 0 aliphatic rings. The van der Waals surface area contributed by atoms with Crippen LogP contribution >= 0.6 is 22.9 Å². The number of hydrogen-bond donors (Lipinski definition) is 0. The molecule has 0 radical (unpaired) electrons. The molecule has 2 aromatic rings. The maximum Gasteiger partial charge on any atom is 0.0597 e. The largest absolute Gasteiger partial charge is 0.370 e. The molecule has 0 aromatic carbocycles. The quantitative estimate of drug-likeness (QED) is 0.771. The van der Waals surface area contributed by atoms with Gasteiger partial charge in [0.1, 0.15) is 0 Å². The van der Waals surface area contributed by atoms with Gasteiger partial charge in [-0.05, 0) is 30.0 Å². The predicted octanol–water partition coefficient (Wildman–Crippen LogP) is 3.95. The fourth-order valence-electron chi connectivity index (χ4n) is 1.94. The van der Waals surface area contributed by atoms with Crippen LogP contribution in [0.25, 0.3) is 0 Å². The molecule has 18 heavy (non-hydrogen) atoms. The fourth-order valence-corrected chi connectivity index (χ4v) is 2.99. The highest BCUT2D eigenvalue weighted by molar-refractivity contribution is 7.09. The molecular formula is C14H17ClN2S. The molecule has 2 rings (SSSR count). The van der Waals surface area contributed by atoms with Crippen molar-refractivity contribution in [1.29, 1.82) is 0 Å². The summed E-state index contributed by atoms with van der Waals surface area (Å²) in [6, 6.07) is 6.69. The smallest absolute Gasteiger partial charge is 0.0597 e. The van der Waals surface area contributed by atoms with Crippen molar-refractivity contribution in [3.8, 4) is 0 Å². The minimum absolute atomic E-state index is 0.426. The lowest BCUT2D eigenvalue weighted by molar-refractivity contribution is 0.685. The number of likely N-dealkylation sites (N-methyl/N-ethyl adjacent to an activating group) is 1. The summed E-state index contributed by atoms with van der Waals surface area (Å²) in [6.07, 6.45) is 4.73. The van der Waals surface area contributed by atoms with Gasteiger partial charge < -0.3 is 4.90 Å². The van der Waals surface area contributed by atoms with Crippen LogP contribution in [0, 0.1) is 0 Å². The molecule has 2 heterocycles. The number of nitrogens with zero attached hydrogens (tertiary/aromatic N) is 2. The van der Waals surface area contributed by atoms with E-state index < -0.39 is 0 Å². The normalized spacial score (nSPS) is 12.4. The summed E-state index contributed by atoms with van der Waals surface area (Å²) < 4.78 is 0. The van der Waals surface area contributed by atoms with Crippen molar-refractivity contribution in [2.45, 2.75) is 25.3 Å². The van der Waals surface area contributed by atoms with Crippen LogP contribution in [0.15, 0.2) is 36.0 Å². The number of alkyl halides is 1. The first kappa shape index (κ1) is 13.4. The van der Waals surface area contributed by atoms with E-state index >= 15 is 0 Å². The molecule has 2 aromatic heterocycles. The Balaban J connectivity index is 2.12. The van der Waals surface area contributed by atoms with E-state index in [0.29, 0.717) is 11.9 Å². The molecule has 96 valence electrons. The van der Waals surface area contributed by atoms with E-state index in [-0.39, 0.29) is 0 Å². The fraction of sp³-hybridized carbons (Fsp3) is 0.357. The maximum atomic E-state index is 5.97. The number of pyridine rings is 1. The number of halogens is 1. The summed E-state index contributed by atoms with van der Waals surface area (Å²) in [7, 11) is 2.10. The summed E-state index contributed by atoms with van der Waals surface area (Å²) in [6.45, 7) is 2.23. The SMILES string of the molecule is CC(Cc1cccs1)N(C)c1cnccc1CCl. The minimum atomic E-state index is 0.426. The van der Waals surface area contributed by atoms with Crippen molar-refractivity contribution >= 4 is 28.6 Å². The third kappa shape index (κ3) is 3.03. The zero-order chi connectivity index (χ0) is 13.0. The van der Waals surface area contributed by atoms with Gasteiger partial charge in [-0.2, -0.15) is 0 Å². The van der Waals surface area contributed by atoms with Gasteiger partial charge in [-0.25, -0.2) is 0 Å². The molecule has 0 saturated carbocycles. The van der Waals surface area contributed by atoms with Crippen molar-refractivity contribution in [3.05, 3.63) is 46.4 Å². The Hall–Kier alpha value is -1.06. The maximum absolute atomic E-state index is 5.97. The molecule has 1 unspecified atom stereocenters. The molecule has 0 amide bonds. The average molecular weight is 281 g/mol. The molecule has 0 aliphatic carbocycles. The zero-order valence-electron chi connectivity index (χ0n) is 10.6. The van der Waals surface area contributed by atoms with E-state index in [4.69, 9.17) is 11.6 Å². The average Bonchev–Trinajstić information content (AvgIpc) is 2.90. The van der Waals surface area contributed by atoms with Crippen LogP contribution in [0.4, 0.5) is 5.69 Å². The third-order valence-electron chi connectivity index (χ3n) is 3.15. The molecule has 1 atom stereocenters. The molecule has 0 spiro atoms. The molecule has 0 N–H and O–H groups in total. The Morgan fingerprint density at radius 3 is 2.94 bits per heavy atom. The molecule has 4 heteroatoms. The first-order valence-electron chi connectivity index (χ1n) is 5.96. The van der Waals surface area contributed by atoms with Gasteiger partial charge in [-0.1, -0.05) is 6.07 Å². The van der Waals surface area contributed by atoms with Crippen molar-refractivity contribution in [1.82, 2.24) is 4.98 Å². The van der Waals surface area contributed by atoms with E-state index in [2.05, 4.69) is 41.4 Å². The summed E-state index contributed by atoms with van der Waals surface area (Å²) in [5, 5.41) is 2.12. The summed E-state index contributed by atoms with van der Waals surface area (Å²) in [5.41, 5.74) is 2.25. The Kier molecular flexibility index (Phi) is 4.61. The van der Waals surface area contributed by atoms with Crippen molar-refractivity contribution in [2.24, 2.45) is 0 Å². The van der Waals surface area contributed by atoms with Gasteiger partial charge in [0.25, 0.3) is 0 Å². The lowest BCUT2D eigenvalue weighted by Crippen LogP contribution is -2.31. The predicted molar refractivity (Wildman–Crippen MR) is 79.7 cm³/mol. The van der Waals surface area contributed by atoms with E-state index in [1.54, 1.807) is 17.5 Å². The number of aromatic nitrogens is 1. The summed E-state index contributed by atoms with van der Waals surface area (Å²) in [5.74, 6) is 0.522. The van der Waals surface area contributed by atoms with Gasteiger partial charge >= 0.3 is 0 Å². The van der Waals surface area contributed by atoms with Crippen LogP contribution in [0.1, 0.15) is 17.4 Å². The van der Waals surface area contributed by atoms with Gasteiger partial charge in [0, 0.05) is 36.5 Å². The first-order chi connectivity index (χ1) is 8.72. The van der Waals surface area contributed by atoms with E-state index in [1.165, 1.54) is 4.88 Å². The van der Waals surface area contributed by atoms with Crippen molar-refractivity contribution < 1.29 is 0 Å². The molecular weight excluding hydrogens is 264 g/mol. The second-order valence-electron chi connectivity index (χ2n) is 4.38. The second-order valence-corrected chi connectivity index (χ2v) is 5.68. The van der Waals surface area contributed by atoms with Crippen molar-refractivity contribution in [3.63, 3.8) is 0 Å². The topological polar surface area (TPSA) is 16.1 Å². The lowest BCUT2D eigenvalue weighted by Gasteiger charge is -2.28. The first-order valence-corrected chi connectivity index (χ1v) is 7.38. The monoisotopic (exact) mass is 280 g/mol. The van der Waals surface area contributed by atoms with E-state index in [9.17, 15) is 0 Å². The van der Waals surface area contributed by atoms with Gasteiger partial charge in [0.05, 0.1) is 11.9 Å². The Morgan fingerprint density at radius 2 is 2.28 bits per heavy atom. The van der Waals surface area contributed by atoms with Crippen LogP contribution < -0.4 is 4.90 Å². The number of anilines is 1. The van der Waals surface area contributed by atoms with Crippen molar-refractivity contribution in [2.75, 3.05) is 11.9 Å². The Labute approximate surface area is 117 Å².